The zero-order valence-corrected chi connectivity index (χ0v) is 11.7. The molecule has 2 aromatic heterocycles. The lowest BCUT2D eigenvalue weighted by Crippen LogP contribution is -2.06. The third kappa shape index (κ3) is 2.42. The van der Waals surface area contributed by atoms with E-state index in [2.05, 4.69) is 24.0 Å². The van der Waals surface area contributed by atoms with Crippen LogP contribution in [0, 0.1) is 10.7 Å². The molecule has 2 aromatic rings. The van der Waals surface area contributed by atoms with Gasteiger partial charge in [0, 0.05) is 6.54 Å². The van der Waals surface area contributed by atoms with Crippen LogP contribution in [-0.4, -0.2) is 21.9 Å². The molecule has 2 rings (SSSR count). The number of thiophene rings is 1. The summed E-state index contributed by atoms with van der Waals surface area (Å²) in [6.07, 6.45) is 0. The van der Waals surface area contributed by atoms with Gasteiger partial charge in [0.1, 0.15) is 10.6 Å². The molecular formula is C11H15N3OS2. The lowest BCUT2D eigenvalue weighted by Gasteiger charge is -2.09. The summed E-state index contributed by atoms with van der Waals surface area (Å²) < 4.78 is 8.00. The van der Waals surface area contributed by atoms with Crippen LogP contribution in [0.2, 0.25) is 0 Å². The zero-order chi connectivity index (χ0) is 12.4. The Labute approximate surface area is 109 Å². The van der Waals surface area contributed by atoms with E-state index in [1.54, 1.807) is 18.4 Å². The van der Waals surface area contributed by atoms with E-state index in [1.165, 1.54) is 0 Å². The van der Waals surface area contributed by atoms with Crippen LogP contribution in [0.3, 0.4) is 0 Å². The van der Waals surface area contributed by atoms with Gasteiger partial charge in [-0.05, 0) is 29.6 Å². The van der Waals surface area contributed by atoms with Crippen LogP contribution in [0.4, 0.5) is 0 Å². The van der Waals surface area contributed by atoms with E-state index in [1.807, 2.05) is 16.0 Å². The Hall–Kier alpha value is -1.14. The molecule has 0 aliphatic rings. The SMILES string of the molecule is COc1ccsc1-c1n[nH]c(=S)n1CC(C)C. The fraction of sp³-hybridized carbons (Fsp3) is 0.455. The van der Waals surface area contributed by atoms with Crippen molar-refractivity contribution in [2.75, 3.05) is 7.11 Å². The molecule has 92 valence electrons. The van der Waals surface area contributed by atoms with Crippen LogP contribution < -0.4 is 4.74 Å². The Morgan fingerprint density at radius 3 is 3.00 bits per heavy atom. The molecule has 0 saturated carbocycles. The molecule has 0 saturated heterocycles. The molecule has 0 aliphatic carbocycles. The van der Waals surface area contributed by atoms with Gasteiger partial charge in [-0.1, -0.05) is 13.8 Å². The summed E-state index contributed by atoms with van der Waals surface area (Å²) in [5.41, 5.74) is 0. The molecule has 0 atom stereocenters. The molecule has 0 bridgehead atoms. The highest BCUT2D eigenvalue weighted by Crippen LogP contribution is 2.34. The number of nitrogens with zero attached hydrogens (tertiary/aromatic N) is 2. The maximum atomic E-state index is 5.32. The number of hydrogen-bond donors (Lipinski definition) is 1. The van der Waals surface area contributed by atoms with E-state index < -0.39 is 0 Å². The molecule has 0 aliphatic heterocycles. The first kappa shape index (κ1) is 12.3. The average Bonchev–Trinajstić information content (AvgIpc) is 2.86. The number of H-pyrrole nitrogens is 1. The maximum Gasteiger partial charge on any atom is 0.195 e. The van der Waals surface area contributed by atoms with Crippen LogP contribution >= 0.6 is 23.6 Å². The molecule has 0 aromatic carbocycles. The van der Waals surface area contributed by atoms with Crippen molar-refractivity contribution < 1.29 is 4.74 Å². The van der Waals surface area contributed by atoms with Crippen molar-refractivity contribution in [2.24, 2.45) is 5.92 Å². The van der Waals surface area contributed by atoms with Gasteiger partial charge in [0.2, 0.25) is 0 Å². The van der Waals surface area contributed by atoms with Crippen LogP contribution in [0.1, 0.15) is 13.8 Å². The second kappa shape index (κ2) is 5.01. The largest absolute Gasteiger partial charge is 0.495 e. The van der Waals surface area contributed by atoms with Crippen molar-refractivity contribution in [3.05, 3.63) is 16.2 Å². The molecule has 17 heavy (non-hydrogen) atoms. The Morgan fingerprint density at radius 2 is 2.35 bits per heavy atom. The van der Waals surface area contributed by atoms with Gasteiger partial charge in [0.15, 0.2) is 10.6 Å². The number of nitrogens with one attached hydrogen (secondary N) is 1. The number of aromatic amines is 1. The molecule has 4 nitrogen and oxygen atoms in total. The highest BCUT2D eigenvalue weighted by Gasteiger charge is 2.15. The fourth-order valence-corrected chi connectivity index (χ4v) is 2.71. The van der Waals surface area contributed by atoms with E-state index in [9.17, 15) is 0 Å². The molecule has 2 heterocycles. The lowest BCUT2D eigenvalue weighted by molar-refractivity contribution is 0.417. The van der Waals surface area contributed by atoms with Gasteiger partial charge in [0.25, 0.3) is 0 Å². The van der Waals surface area contributed by atoms with Crippen LogP contribution in [-0.2, 0) is 6.54 Å². The average molecular weight is 269 g/mol. The smallest absolute Gasteiger partial charge is 0.195 e. The van der Waals surface area contributed by atoms with Crippen molar-refractivity contribution in [3.63, 3.8) is 0 Å². The Morgan fingerprint density at radius 1 is 1.59 bits per heavy atom. The van der Waals surface area contributed by atoms with Crippen molar-refractivity contribution in [3.8, 4) is 16.5 Å². The first-order chi connectivity index (χ1) is 8.13. The summed E-state index contributed by atoms with van der Waals surface area (Å²) >= 11 is 6.86. The minimum atomic E-state index is 0.518. The fourth-order valence-electron chi connectivity index (χ4n) is 1.65. The normalized spacial score (nSPS) is 11.1. The number of rotatable bonds is 4. The number of aromatic nitrogens is 3. The first-order valence-electron chi connectivity index (χ1n) is 5.40. The summed E-state index contributed by atoms with van der Waals surface area (Å²) in [7, 11) is 1.67. The van der Waals surface area contributed by atoms with Crippen LogP contribution in [0.5, 0.6) is 5.75 Å². The van der Waals surface area contributed by atoms with Gasteiger partial charge >= 0.3 is 0 Å². The molecule has 0 spiro atoms. The van der Waals surface area contributed by atoms with E-state index >= 15 is 0 Å². The second-order valence-corrected chi connectivity index (χ2v) is 5.48. The van der Waals surface area contributed by atoms with E-state index in [4.69, 9.17) is 17.0 Å². The van der Waals surface area contributed by atoms with E-state index in [0.717, 1.165) is 23.0 Å². The minimum Gasteiger partial charge on any atom is -0.495 e. The minimum absolute atomic E-state index is 0.518. The van der Waals surface area contributed by atoms with Crippen molar-refractivity contribution in [1.82, 2.24) is 14.8 Å². The molecule has 0 radical (unpaired) electrons. The number of hydrogen-bond acceptors (Lipinski definition) is 4. The van der Waals surface area contributed by atoms with Gasteiger partial charge in [-0.2, -0.15) is 5.10 Å². The summed E-state index contributed by atoms with van der Waals surface area (Å²) in [5.74, 6) is 2.22. The van der Waals surface area contributed by atoms with Crippen molar-refractivity contribution in [1.29, 1.82) is 0 Å². The monoisotopic (exact) mass is 269 g/mol. The van der Waals surface area contributed by atoms with Gasteiger partial charge in [0.05, 0.1) is 7.11 Å². The third-order valence-electron chi connectivity index (χ3n) is 2.36. The molecule has 0 unspecified atom stereocenters. The standard InChI is InChI=1S/C11H15N3OS2/c1-7(2)6-14-10(12-13-11(14)16)9-8(15-3)4-5-17-9/h4-5,7H,6H2,1-3H3,(H,13,16). The molecule has 0 amide bonds. The lowest BCUT2D eigenvalue weighted by atomic mass is 10.2. The molecule has 1 N–H and O–H groups in total. The summed E-state index contributed by atoms with van der Waals surface area (Å²) in [5, 5.41) is 9.14. The highest BCUT2D eigenvalue weighted by atomic mass is 32.1. The van der Waals surface area contributed by atoms with Crippen LogP contribution in [0.25, 0.3) is 10.7 Å². The summed E-state index contributed by atoms with van der Waals surface area (Å²) in [6.45, 7) is 5.17. The molecule has 0 fully saturated rings. The predicted molar refractivity (Wildman–Crippen MR) is 72.1 cm³/mol. The number of ether oxygens (including phenoxy) is 1. The van der Waals surface area contributed by atoms with Gasteiger partial charge < -0.3 is 4.74 Å². The second-order valence-electron chi connectivity index (χ2n) is 4.17. The Bertz CT molecular complexity index is 553. The topological polar surface area (TPSA) is 42.8 Å². The van der Waals surface area contributed by atoms with Gasteiger partial charge in [-0.15, -0.1) is 11.3 Å². The van der Waals surface area contributed by atoms with Crippen LogP contribution in [0.15, 0.2) is 11.4 Å². The molecule has 6 heteroatoms. The first-order valence-corrected chi connectivity index (χ1v) is 6.69. The van der Waals surface area contributed by atoms with Crippen molar-refractivity contribution in [2.45, 2.75) is 20.4 Å². The summed E-state index contributed by atoms with van der Waals surface area (Å²) in [6, 6.07) is 1.94. The van der Waals surface area contributed by atoms with Gasteiger partial charge in [-0.3, -0.25) is 9.67 Å². The number of methoxy groups -OCH3 is 1. The Kier molecular flexibility index (Phi) is 3.63. The highest BCUT2D eigenvalue weighted by molar-refractivity contribution is 7.71. The quantitative estimate of drug-likeness (QED) is 0.866. The van der Waals surface area contributed by atoms with Crippen molar-refractivity contribution >= 4 is 23.6 Å². The predicted octanol–water partition coefficient (Wildman–Crippen LogP) is 3.33. The zero-order valence-electron chi connectivity index (χ0n) is 10.1. The molecular weight excluding hydrogens is 254 g/mol. The van der Waals surface area contributed by atoms with E-state index in [-0.39, 0.29) is 0 Å². The summed E-state index contributed by atoms with van der Waals surface area (Å²) in [4.78, 5) is 1.01. The maximum absolute atomic E-state index is 5.32. The van der Waals surface area contributed by atoms with Gasteiger partial charge in [-0.25, -0.2) is 0 Å². The Balaban J connectivity index is 2.49. The van der Waals surface area contributed by atoms with E-state index in [0.29, 0.717) is 10.7 Å². The third-order valence-corrected chi connectivity index (χ3v) is 3.56.